The molecule has 0 fully saturated rings. The number of aliphatic carboxylic acids is 1. The van der Waals surface area contributed by atoms with Crippen molar-refractivity contribution < 1.29 is 75.5 Å². The number of halogens is 6. The van der Waals surface area contributed by atoms with Crippen LogP contribution in [-0.4, -0.2) is 138 Å². The van der Waals surface area contributed by atoms with Crippen LogP contribution in [0.5, 0.6) is 0 Å². The molecule has 0 aliphatic heterocycles. The van der Waals surface area contributed by atoms with E-state index in [1.54, 1.807) is 48.5 Å². The van der Waals surface area contributed by atoms with E-state index in [2.05, 4.69) is 53.1 Å². The second kappa shape index (κ2) is 28.3. The monoisotopic (exact) mass is 1040 g/mol. The fraction of sp³-hybridized carbons (Fsp3) is 0.806. The lowest BCUT2D eigenvalue weighted by molar-refractivity contribution is -0.192. The minimum Gasteiger partial charge on any atom is -0.475 e. The topological polar surface area (TPSA) is 240 Å². The Hall–Kier alpha value is -2.24. The molecule has 1 unspecified atom stereocenters. The number of carboxylic acid groups (broad SMARTS) is 1. The van der Waals surface area contributed by atoms with Crippen LogP contribution in [0.15, 0.2) is 0 Å². The van der Waals surface area contributed by atoms with E-state index in [1.165, 1.54) is 0 Å². The van der Waals surface area contributed by atoms with E-state index >= 15 is 0 Å². The summed E-state index contributed by atoms with van der Waals surface area (Å²) in [5, 5.41) is 17.2. The summed E-state index contributed by atoms with van der Waals surface area (Å²) in [6.07, 6.45) is -1.13. The molecule has 0 aliphatic rings. The van der Waals surface area contributed by atoms with E-state index in [4.69, 9.17) is 49.5 Å². The number of ketones is 1. The van der Waals surface area contributed by atoms with Gasteiger partial charge in [0.05, 0.1) is 37.9 Å². The highest BCUT2D eigenvalue weighted by molar-refractivity contribution is 9.10. The molecule has 0 rings (SSSR count). The summed E-state index contributed by atoms with van der Waals surface area (Å²) in [7, 11) is 0. The average molecular weight is 1040 g/mol. The Kier molecular flexibility index (Phi) is 28.2. The van der Waals surface area contributed by atoms with Crippen LogP contribution < -0.4 is 11.1 Å². The number of alkyl halides is 6. The smallest absolute Gasteiger partial charge is 0.475 e. The summed E-state index contributed by atoms with van der Waals surface area (Å²) in [6, 6.07) is -0.480. The molecule has 0 bridgehead atoms. The molecule has 0 aliphatic carbocycles. The Bertz CT molecular complexity index is 1250. The molecule has 1 amide bonds. The number of esters is 3. The molecule has 1 atom stereocenters. The molecule has 338 valence electrons. The number of Topliss-reactive ketones (excluding diaryl/α,β-unsaturated/α-hetero) is 1. The van der Waals surface area contributed by atoms with Gasteiger partial charge in [0.25, 0.3) is 0 Å². The quantitative estimate of drug-likeness (QED) is 0.0248. The van der Waals surface area contributed by atoms with Gasteiger partial charge >= 0.3 is 30.1 Å². The third-order valence-electron chi connectivity index (χ3n) is 7.25. The number of carbonyl (C=O) groups excluding carboxylic acids is 5. The largest absolute Gasteiger partial charge is 0.490 e. The van der Waals surface area contributed by atoms with Crippen molar-refractivity contribution >= 4 is 89.1 Å². The van der Waals surface area contributed by atoms with Crippen LogP contribution in [0.2, 0.25) is 0 Å². The van der Waals surface area contributed by atoms with Crippen molar-refractivity contribution in [2.75, 3.05) is 66.0 Å². The van der Waals surface area contributed by atoms with Gasteiger partial charge in [0.1, 0.15) is 45.2 Å². The number of carboxylic acids is 1. The van der Waals surface area contributed by atoms with Gasteiger partial charge in [-0.1, -0.05) is 54.2 Å². The molecule has 0 aromatic heterocycles. The molecule has 0 spiro atoms. The van der Waals surface area contributed by atoms with Crippen LogP contribution in [0.3, 0.4) is 0 Å². The van der Waals surface area contributed by atoms with Gasteiger partial charge in [0, 0.05) is 25.3 Å². The van der Waals surface area contributed by atoms with Crippen LogP contribution in [0.4, 0.5) is 13.2 Å². The van der Waals surface area contributed by atoms with E-state index in [9.17, 15) is 37.1 Å². The fourth-order valence-corrected chi connectivity index (χ4v) is 4.21. The molecule has 0 radical (unpaired) electrons. The standard InChI is InChI=1S/C34H58Br3N3O11.C2HF3O2/c1-24(38)11-8-9-12-25(39)26(41)13-10-15-46-17-18-47-16-14-40-27(42)19-48-20-34(21-49-28(43)31(2,3)35,22-50-29(44)32(4,5)36)23-51-30(45)33(6,7)37;3-2(4,5)1(6)7/h25,38H,8-23,39H2,1-7H3,(H,40,42);(H,6,7). The molecule has 0 aromatic rings. The maximum absolute atomic E-state index is 12.6. The van der Waals surface area contributed by atoms with Crippen LogP contribution in [0.25, 0.3) is 0 Å². The molecule has 58 heavy (non-hydrogen) atoms. The lowest BCUT2D eigenvalue weighted by atomic mass is 9.92. The van der Waals surface area contributed by atoms with Gasteiger partial charge in [0.15, 0.2) is 0 Å². The van der Waals surface area contributed by atoms with Crippen LogP contribution in [-0.2, 0) is 57.2 Å². The Morgan fingerprint density at radius 2 is 1.12 bits per heavy atom. The number of ether oxygens (including phenoxy) is 6. The zero-order valence-electron chi connectivity index (χ0n) is 34.1. The van der Waals surface area contributed by atoms with Crippen molar-refractivity contribution in [3.05, 3.63) is 0 Å². The maximum Gasteiger partial charge on any atom is 0.490 e. The van der Waals surface area contributed by atoms with E-state index < -0.39 is 60.4 Å². The highest BCUT2D eigenvalue weighted by atomic mass is 79.9. The molecule has 0 saturated heterocycles. The van der Waals surface area contributed by atoms with Gasteiger partial charge in [-0.3, -0.25) is 24.0 Å². The van der Waals surface area contributed by atoms with Crippen molar-refractivity contribution in [1.29, 1.82) is 5.41 Å². The van der Waals surface area contributed by atoms with Crippen LogP contribution in [0.1, 0.15) is 87.0 Å². The van der Waals surface area contributed by atoms with Crippen molar-refractivity contribution in [3.63, 3.8) is 0 Å². The minimum atomic E-state index is -5.08. The first-order valence-corrected chi connectivity index (χ1v) is 20.5. The first-order chi connectivity index (χ1) is 26.4. The molecule has 0 saturated carbocycles. The van der Waals surface area contributed by atoms with Crippen molar-refractivity contribution in [2.45, 2.75) is 112 Å². The minimum absolute atomic E-state index is 0.0123. The fourth-order valence-electron chi connectivity index (χ4n) is 3.87. The van der Waals surface area contributed by atoms with Crippen molar-refractivity contribution in [1.82, 2.24) is 5.32 Å². The summed E-state index contributed by atoms with van der Waals surface area (Å²) in [5.41, 5.74) is 5.25. The van der Waals surface area contributed by atoms with Gasteiger partial charge in [0.2, 0.25) is 5.91 Å². The summed E-state index contributed by atoms with van der Waals surface area (Å²) in [5.74, 6) is -5.02. The first-order valence-electron chi connectivity index (χ1n) is 18.2. The van der Waals surface area contributed by atoms with E-state index in [1.807, 2.05) is 0 Å². The lowest BCUT2D eigenvalue weighted by Gasteiger charge is -2.34. The van der Waals surface area contributed by atoms with Crippen LogP contribution >= 0.6 is 47.8 Å². The highest BCUT2D eigenvalue weighted by Crippen LogP contribution is 2.28. The normalized spacial score (nSPS) is 12.7. The number of hydrogen-bond acceptors (Lipinski definition) is 14. The molecule has 0 aromatic carbocycles. The number of carbonyl (C=O) groups is 6. The number of amides is 1. The van der Waals surface area contributed by atoms with Gasteiger partial charge in [-0.05, 0) is 74.1 Å². The summed E-state index contributed by atoms with van der Waals surface area (Å²) < 4.78 is 61.9. The van der Waals surface area contributed by atoms with Crippen LogP contribution in [0, 0.1) is 10.8 Å². The van der Waals surface area contributed by atoms with E-state index in [-0.39, 0.29) is 52.0 Å². The Morgan fingerprint density at radius 3 is 1.52 bits per heavy atom. The third kappa shape index (κ3) is 29.9. The maximum atomic E-state index is 12.6. The predicted octanol–water partition coefficient (Wildman–Crippen LogP) is 5.20. The SMILES string of the molecule is CC(=N)CCCCC(N)C(=O)CCCOCCOCCNC(=O)COCC(COC(=O)C(C)(C)Br)(COC(=O)C(C)(C)Br)COC(=O)C(C)(C)Br.O=C(O)C(F)(F)F. The summed E-state index contributed by atoms with van der Waals surface area (Å²) >= 11 is 9.77. The number of rotatable bonds is 29. The van der Waals surface area contributed by atoms with Gasteiger partial charge < -0.3 is 50.0 Å². The van der Waals surface area contributed by atoms with Gasteiger partial charge in [-0.25, -0.2) is 4.79 Å². The third-order valence-corrected chi connectivity index (χ3v) is 8.22. The molecule has 16 nitrogen and oxygen atoms in total. The number of hydrogen-bond donors (Lipinski definition) is 4. The second-order valence-electron chi connectivity index (χ2n) is 14.7. The van der Waals surface area contributed by atoms with Gasteiger partial charge in [-0.2, -0.15) is 13.2 Å². The predicted molar refractivity (Wildman–Crippen MR) is 218 cm³/mol. The highest BCUT2D eigenvalue weighted by Gasteiger charge is 2.41. The number of nitrogens with one attached hydrogen (secondary N) is 2. The first kappa shape index (κ1) is 57.9. The number of unbranched alkanes of at least 4 members (excludes halogenated alkanes) is 1. The lowest BCUT2D eigenvalue weighted by Crippen LogP contribution is -2.47. The number of nitrogens with two attached hydrogens (primary N) is 1. The van der Waals surface area contributed by atoms with E-state index in [0.29, 0.717) is 44.8 Å². The Labute approximate surface area is 363 Å². The van der Waals surface area contributed by atoms with E-state index in [0.717, 1.165) is 19.3 Å². The average Bonchev–Trinajstić information content (AvgIpc) is 3.09. The molecule has 22 heteroatoms. The summed E-state index contributed by atoms with van der Waals surface area (Å²) in [4.78, 5) is 71.4. The zero-order chi connectivity index (χ0) is 45.4. The zero-order valence-corrected chi connectivity index (χ0v) is 38.8. The molecular formula is C36H59Br3F3N3O13. The molecular weight excluding hydrogens is 979 g/mol. The van der Waals surface area contributed by atoms with Gasteiger partial charge in [-0.15, -0.1) is 0 Å². The van der Waals surface area contributed by atoms with Crippen molar-refractivity contribution in [3.8, 4) is 0 Å². The second-order valence-corrected chi connectivity index (χ2v) is 20.7. The summed E-state index contributed by atoms with van der Waals surface area (Å²) in [6.45, 7) is 11.1. The molecule has 0 heterocycles. The molecule has 5 N–H and O–H groups in total. The Morgan fingerprint density at radius 1 is 0.690 bits per heavy atom. The Balaban J connectivity index is 0. The van der Waals surface area contributed by atoms with Crippen molar-refractivity contribution in [2.24, 2.45) is 11.1 Å².